The molecule has 146 valence electrons. The molecule has 0 fully saturated rings. The fraction of sp³-hybridized carbons (Fsp3) is 0. The lowest BCUT2D eigenvalue weighted by Crippen LogP contribution is -2.12. The van der Waals surface area contributed by atoms with Gasteiger partial charge < -0.3 is 10.1 Å². The van der Waals surface area contributed by atoms with Crippen molar-refractivity contribution in [2.75, 3.05) is 5.32 Å². The molecule has 0 aliphatic rings. The summed E-state index contributed by atoms with van der Waals surface area (Å²) in [6.07, 6.45) is 0. The maximum Gasteiger partial charge on any atom is 0.277 e. The Morgan fingerprint density at radius 2 is 1.48 bits per heavy atom. The van der Waals surface area contributed by atoms with Crippen molar-refractivity contribution in [3.8, 4) is 11.5 Å². The molecule has 1 N–H and O–H groups in total. The molecule has 0 aliphatic heterocycles. The third-order valence-corrected chi connectivity index (χ3v) is 3.73. The zero-order valence-electron chi connectivity index (χ0n) is 14.6. The van der Waals surface area contributed by atoms with Gasteiger partial charge in [-0.25, -0.2) is 4.39 Å². The highest BCUT2D eigenvalue weighted by atomic mass is 19.1. The molecule has 29 heavy (non-hydrogen) atoms. The van der Waals surface area contributed by atoms with Crippen LogP contribution in [0.1, 0.15) is 10.4 Å². The summed E-state index contributed by atoms with van der Waals surface area (Å²) >= 11 is 0. The average molecular weight is 397 g/mol. The quantitative estimate of drug-likeness (QED) is 0.475. The molecule has 3 aromatic carbocycles. The van der Waals surface area contributed by atoms with Gasteiger partial charge in [0, 0.05) is 23.9 Å². The zero-order chi connectivity index (χ0) is 21.0. The Bertz CT molecular complexity index is 1070. The number of non-ortho nitro benzene ring substituents is 2. The van der Waals surface area contributed by atoms with Crippen LogP contribution in [0.5, 0.6) is 11.5 Å². The number of carbonyl (C=O) groups is 1. The predicted molar refractivity (Wildman–Crippen MR) is 101 cm³/mol. The molecule has 10 heteroatoms. The first-order chi connectivity index (χ1) is 13.8. The number of halogens is 1. The number of anilines is 1. The number of nitrogens with zero attached hydrogens (tertiary/aromatic N) is 2. The Morgan fingerprint density at radius 1 is 0.862 bits per heavy atom. The van der Waals surface area contributed by atoms with E-state index < -0.39 is 32.9 Å². The van der Waals surface area contributed by atoms with Gasteiger partial charge in [-0.15, -0.1) is 0 Å². The van der Waals surface area contributed by atoms with Gasteiger partial charge in [0.05, 0.1) is 21.5 Å². The first-order valence-corrected chi connectivity index (χ1v) is 8.10. The van der Waals surface area contributed by atoms with Crippen LogP contribution in [-0.4, -0.2) is 15.8 Å². The number of hydrogen-bond donors (Lipinski definition) is 1. The Kier molecular flexibility index (Phi) is 5.44. The highest BCUT2D eigenvalue weighted by Crippen LogP contribution is 2.25. The molecule has 0 aliphatic carbocycles. The van der Waals surface area contributed by atoms with Crippen molar-refractivity contribution in [2.45, 2.75) is 0 Å². The van der Waals surface area contributed by atoms with Crippen LogP contribution in [-0.2, 0) is 0 Å². The lowest BCUT2D eigenvalue weighted by molar-refractivity contribution is -0.394. The van der Waals surface area contributed by atoms with Crippen molar-refractivity contribution < 1.29 is 23.8 Å². The number of ether oxygens (including phenoxy) is 1. The van der Waals surface area contributed by atoms with Crippen LogP contribution in [0.15, 0.2) is 66.7 Å². The SMILES string of the molecule is O=C(Nc1ccc(Oc2cccc(F)c2)cc1)c1cc([N+](=O)[O-])cc([N+](=O)[O-])c1. The third kappa shape index (κ3) is 4.89. The van der Waals surface area contributed by atoms with Crippen LogP contribution in [0.25, 0.3) is 0 Å². The predicted octanol–water partition coefficient (Wildman–Crippen LogP) is 4.69. The number of carbonyl (C=O) groups excluding carboxylic acids is 1. The minimum absolute atomic E-state index is 0.231. The van der Waals surface area contributed by atoms with Crippen LogP contribution in [0.2, 0.25) is 0 Å². The van der Waals surface area contributed by atoms with Crippen LogP contribution in [0.4, 0.5) is 21.5 Å². The average Bonchev–Trinajstić information content (AvgIpc) is 2.69. The molecular formula is C19H12FN3O6. The fourth-order valence-corrected chi connectivity index (χ4v) is 2.41. The van der Waals surface area contributed by atoms with Crippen molar-refractivity contribution in [2.24, 2.45) is 0 Å². The Morgan fingerprint density at radius 3 is 2.03 bits per heavy atom. The lowest BCUT2D eigenvalue weighted by atomic mass is 10.1. The number of rotatable bonds is 6. The van der Waals surface area contributed by atoms with E-state index in [0.717, 1.165) is 18.2 Å². The van der Waals surface area contributed by atoms with E-state index >= 15 is 0 Å². The molecule has 0 atom stereocenters. The summed E-state index contributed by atoms with van der Waals surface area (Å²) in [5.74, 6) is -0.515. The standard InChI is InChI=1S/C19H12FN3O6/c20-13-2-1-3-18(10-13)29-17-6-4-14(5-7-17)21-19(24)12-8-15(22(25)26)11-16(9-12)23(27)28/h1-11H,(H,21,24). The van der Waals surface area contributed by atoms with Gasteiger partial charge in [0.15, 0.2) is 0 Å². The van der Waals surface area contributed by atoms with Crippen molar-refractivity contribution >= 4 is 23.0 Å². The van der Waals surface area contributed by atoms with E-state index in [1.54, 1.807) is 6.07 Å². The van der Waals surface area contributed by atoms with Crippen LogP contribution in [0.3, 0.4) is 0 Å². The van der Waals surface area contributed by atoms with Gasteiger partial charge in [-0.05, 0) is 36.4 Å². The summed E-state index contributed by atoms with van der Waals surface area (Å²) in [4.78, 5) is 32.6. The number of nitrogens with one attached hydrogen (secondary N) is 1. The van der Waals surface area contributed by atoms with Gasteiger partial charge in [-0.1, -0.05) is 6.07 Å². The van der Waals surface area contributed by atoms with Gasteiger partial charge in [0.25, 0.3) is 17.3 Å². The molecule has 0 radical (unpaired) electrons. The number of hydrogen-bond acceptors (Lipinski definition) is 6. The molecule has 0 aromatic heterocycles. The van der Waals surface area contributed by atoms with Gasteiger partial charge >= 0.3 is 0 Å². The number of benzene rings is 3. The van der Waals surface area contributed by atoms with Gasteiger partial charge in [-0.3, -0.25) is 25.0 Å². The van der Waals surface area contributed by atoms with Crippen molar-refractivity contribution in [3.05, 3.63) is 98.3 Å². The van der Waals surface area contributed by atoms with Crippen molar-refractivity contribution in [1.82, 2.24) is 0 Å². The van der Waals surface area contributed by atoms with Gasteiger partial charge in [-0.2, -0.15) is 0 Å². The Hall–Kier alpha value is -4.34. The molecule has 3 rings (SSSR count). The molecular weight excluding hydrogens is 385 g/mol. The monoisotopic (exact) mass is 397 g/mol. The highest BCUT2D eigenvalue weighted by Gasteiger charge is 2.20. The second-order valence-corrected chi connectivity index (χ2v) is 5.79. The normalized spacial score (nSPS) is 10.2. The summed E-state index contributed by atoms with van der Waals surface area (Å²) in [5.41, 5.74) is -1.03. The largest absolute Gasteiger partial charge is 0.457 e. The summed E-state index contributed by atoms with van der Waals surface area (Å²) in [6, 6.07) is 14.3. The van der Waals surface area contributed by atoms with E-state index in [4.69, 9.17) is 4.74 Å². The molecule has 9 nitrogen and oxygen atoms in total. The van der Waals surface area contributed by atoms with E-state index in [-0.39, 0.29) is 5.56 Å². The number of nitro benzene ring substituents is 2. The molecule has 0 saturated heterocycles. The third-order valence-electron chi connectivity index (χ3n) is 3.73. The zero-order valence-corrected chi connectivity index (χ0v) is 14.6. The Labute approximate surface area is 162 Å². The van der Waals surface area contributed by atoms with Crippen LogP contribution >= 0.6 is 0 Å². The van der Waals surface area contributed by atoms with E-state index in [1.165, 1.54) is 42.5 Å². The van der Waals surface area contributed by atoms with Crippen LogP contribution < -0.4 is 10.1 Å². The summed E-state index contributed by atoms with van der Waals surface area (Å²) in [5, 5.41) is 24.4. The molecule has 3 aromatic rings. The number of amides is 1. The summed E-state index contributed by atoms with van der Waals surface area (Å²) < 4.78 is 18.7. The van der Waals surface area contributed by atoms with Crippen LogP contribution in [0, 0.1) is 26.0 Å². The first-order valence-electron chi connectivity index (χ1n) is 8.10. The minimum Gasteiger partial charge on any atom is -0.457 e. The maximum absolute atomic E-state index is 13.2. The number of nitro groups is 2. The second kappa shape index (κ2) is 8.13. The topological polar surface area (TPSA) is 125 Å². The fourth-order valence-electron chi connectivity index (χ4n) is 2.41. The summed E-state index contributed by atoms with van der Waals surface area (Å²) in [6.45, 7) is 0. The van der Waals surface area contributed by atoms with E-state index in [9.17, 15) is 29.4 Å². The van der Waals surface area contributed by atoms with Gasteiger partial charge in [0.1, 0.15) is 17.3 Å². The van der Waals surface area contributed by atoms with Crippen molar-refractivity contribution in [3.63, 3.8) is 0 Å². The molecule has 1 amide bonds. The molecule has 0 saturated carbocycles. The smallest absolute Gasteiger partial charge is 0.277 e. The molecule has 0 bridgehead atoms. The van der Waals surface area contributed by atoms with E-state index in [2.05, 4.69) is 5.32 Å². The first kappa shape index (κ1) is 19.4. The minimum atomic E-state index is -0.817. The highest BCUT2D eigenvalue weighted by molar-refractivity contribution is 6.05. The van der Waals surface area contributed by atoms with Gasteiger partial charge in [0.2, 0.25) is 0 Å². The summed E-state index contributed by atoms with van der Waals surface area (Å²) in [7, 11) is 0. The van der Waals surface area contributed by atoms with E-state index in [1.807, 2.05) is 0 Å². The van der Waals surface area contributed by atoms with Crippen molar-refractivity contribution in [1.29, 1.82) is 0 Å². The molecule has 0 unspecified atom stereocenters. The molecule has 0 heterocycles. The second-order valence-electron chi connectivity index (χ2n) is 5.79. The lowest BCUT2D eigenvalue weighted by Gasteiger charge is -2.08. The Balaban J connectivity index is 1.75. The maximum atomic E-state index is 13.2. The molecule has 0 spiro atoms. The van der Waals surface area contributed by atoms with E-state index in [0.29, 0.717) is 17.2 Å².